The van der Waals surface area contributed by atoms with Gasteiger partial charge in [0.05, 0.1) is 11.9 Å². The minimum Gasteiger partial charge on any atom is -0.549 e. The van der Waals surface area contributed by atoms with Gasteiger partial charge in [0.15, 0.2) is 0 Å². The van der Waals surface area contributed by atoms with Crippen LogP contribution in [0.4, 0.5) is 0 Å². The first-order valence-corrected chi connectivity index (χ1v) is 10.9. The Bertz CT molecular complexity index is 357. The van der Waals surface area contributed by atoms with Crippen LogP contribution in [0.2, 0.25) is 0 Å². The fourth-order valence-corrected chi connectivity index (χ4v) is 3.56. The quantitative estimate of drug-likeness (QED) is 0.152. The summed E-state index contributed by atoms with van der Waals surface area (Å²) in [5.41, 5.74) is -1.80. The van der Waals surface area contributed by atoms with Crippen LogP contribution >= 0.6 is 0 Å². The minimum absolute atomic E-state index is 0. The Morgan fingerprint density at radius 3 is 1.07 bits per heavy atom. The zero-order valence-electron chi connectivity index (χ0n) is 17.9. The average Bonchev–Trinajstić information content (AvgIpc) is 2.60. The Morgan fingerprint density at radius 1 is 0.556 bits per heavy atom. The van der Waals surface area contributed by atoms with E-state index in [2.05, 4.69) is 13.8 Å². The van der Waals surface area contributed by atoms with Crippen molar-refractivity contribution in [2.24, 2.45) is 5.41 Å². The van der Waals surface area contributed by atoms with E-state index in [1.807, 2.05) is 0 Å². The molecule has 0 aromatic heterocycles. The second kappa shape index (κ2) is 19.8. The number of hydrogen-bond acceptors (Lipinski definition) is 4. The van der Waals surface area contributed by atoms with Crippen LogP contribution in [0.15, 0.2) is 0 Å². The molecular formula is C22H40BaO4. The van der Waals surface area contributed by atoms with E-state index in [1.54, 1.807) is 0 Å². The van der Waals surface area contributed by atoms with Crippen LogP contribution in [-0.2, 0) is 9.59 Å². The number of unbranched alkanes of at least 4 members (excludes halogenated alkanes) is 13. The molecule has 4 nitrogen and oxygen atoms in total. The van der Waals surface area contributed by atoms with Crippen LogP contribution in [0, 0.1) is 5.41 Å². The van der Waals surface area contributed by atoms with E-state index in [0.29, 0.717) is 12.8 Å². The van der Waals surface area contributed by atoms with Gasteiger partial charge in [-0.2, -0.15) is 0 Å². The third-order valence-electron chi connectivity index (χ3n) is 5.45. The Kier molecular flexibility index (Phi) is 21.8. The summed E-state index contributed by atoms with van der Waals surface area (Å²) in [6.07, 6.45) is 16.3. The third-order valence-corrected chi connectivity index (χ3v) is 5.45. The molecule has 0 radical (unpaired) electrons. The van der Waals surface area contributed by atoms with Gasteiger partial charge in [0, 0.05) is 5.41 Å². The normalized spacial score (nSPS) is 11.2. The number of carbonyl (C=O) groups excluding carboxylic acids is 2. The molecule has 154 valence electrons. The first kappa shape index (κ1) is 29.7. The van der Waals surface area contributed by atoms with Crippen molar-refractivity contribution in [3.63, 3.8) is 0 Å². The third kappa shape index (κ3) is 14.2. The Balaban J connectivity index is 0. The molecule has 0 aliphatic carbocycles. The molecule has 5 heteroatoms. The molecule has 0 rings (SSSR count). The zero-order valence-corrected chi connectivity index (χ0v) is 22.3. The maximum Gasteiger partial charge on any atom is 2.00 e. The molecule has 0 aliphatic heterocycles. The number of rotatable bonds is 19. The maximum atomic E-state index is 11.5. The summed E-state index contributed by atoms with van der Waals surface area (Å²) in [6.45, 7) is 4.32. The maximum absolute atomic E-state index is 11.5. The Labute approximate surface area is 207 Å². The van der Waals surface area contributed by atoms with Crippen molar-refractivity contribution in [1.82, 2.24) is 0 Å². The standard InChI is InChI=1S/C22H42O4.Ba/c1-3-5-7-9-10-11-12-13-15-17-19-22(20(23)24,21(25)26)18-16-14-8-6-4-2;/h3-19H2,1-2H3,(H,23,24)(H,25,26);/q;+2/p-2. The predicted octanol–water partition coefficient (Wildman–Crippen LogP) is 3.76. The zero-order chi connectivity index (χ0) is 19.7. The number of carboxylic acids is 2. The van der Waals surface area contributed by atoms with E-state index in [1.165, 1.54) is 38.5 Å². The van der Waals surface area contributed by atoms with E-state index >= 15 is 0 Å². The molecule has 0 saturated carbocycles. The van der Waals surface area contributed by atoms with Crippen LogP contribution in [0.1, 0.15) is 123 Å². The van der Waals surface area contributed by atoms with Gasteiger partial charge in [-0.3, -0.25) is 0 Å². The minimum atomic E-state index is -1.80. The molecule has 0 unspecified atom stereocenters. The van der Waals surface area contributed by atoms with Crippen molar-refractivity contribution in [2.45, 2.75) is 123 Å². The van der Waals surface area contributed by atoms with Crippen LogP contribution in [0.5, 0.6) is 0 Å². The molecule has 0 atom stereocenters. The Morgan fingerprint density at radius 2 is 0.815 bits per heavy atom. The first-order valence-electron chi connectivity index (χ1n) is 10.9. The van der Waals surface area contributed by atoms with Gasteiger partial charge in [-0.05, 0) is 12.8 Å². The van der Waals surface area contributed by atoms with Gasteiger partial charge in [0.25, 0.3) is 0 Å². The molecular weight excluding hydrogens is 466 g/mol. The smallest absolute Gasteiger partial charge is 0.549 e. The first-order chi connectivity index (χ1) is 12.5. The van der Waals surface area contributed by atoms with E-state index in [0.717, 1.165) is 44.9 Å². The molecule has 0 aromatic rings. The van der Waals surface area contributed by atoms with Crippen LogP contribution in [0.25, 0.3) is 0 Å². The van der Waals surface area contributed by atoms with E-state index in [9.17, 15) is 19.8 Å². The largest absolute Gasteiger partial charge is 2.00 e. The summed E-state index contributed by atoms with van der Waals surface area (Å²) in [5.74, 6) is -2.94. The van der Waals surface area contributed by atoms with Gasteiger partial charge in [-0.15, -0.1) is 0 Å². The van der Waals surface area contributed by atoms with E-state index in [-0.39, 0.29) is 61.7 Å². The SMILES string of the molecule is CCCCCCCCCCCCC(CCCCCCC)(C(=O)[O-])C(=O)[O-].[Ba+2]. The molecule has 27 heavy (non-hydrogen) atoms. The summed E-state index contributed by atoms with van der Waals surface area (Å²) >= 11 is 0. The van der Waals surface area contributed by atoms with Gasteiger partial charge in [0.2, 0.25) is 0 Å². The summed E-state index contributed by atoms with van der Waals surface area (Å²) < 4.78 is 0. The second-order valence-corrected chi connectivity index (χ2v) is 7.75. The van der Waals surface area contributed by atoms with Crippen LogP contribution < -0.4 is 10.2 Å². The summed E-state index contributed by atoms with van der Waals surface area (Å²) in [6, 6.07) is 0. The van der Waals surface area contributed by atoms with Crippen molar-refractivity contribution in [3.05, 3.63) is 0 Å². The van der Waals surface area contributed by atoms with Crippen molar-refractivity contribution in [3.8, 4) is 0 Å². The summed E-state index contributed by atoms with van der Waals surface area (Å²) in [5, 5.41) is 23.1. The van der Waals surface area contributed by atoms with Gasteiger partial charge in [0.1, 0.15) is 0 Å². The monoisotopic (exact) mass is 506 g/mol. The van der Waals surface area contributed by atoms with Gasteiger partial charge < -0.3 is 19.8 Å². The molecule has 0 spiro atoms. The van der Waals surface area contributed by atoms with Crippen molar-refractivity contribution >= 4 is 60.8 Å². The molecule has 0 saturated heterocycles. The topological polar surface area (TPSA) is 80.3 Å². The van der Waals surface area contributed by atoms with E-state index < -0.39 is 17.4 Å². The van der Waals surface area contributed by atoms with Gasteiger partial charge in [-0.25, -0.2) is 0 Å². The number of carboxylic acid groups (broad SMARTS) is 2. The molecule has 0 N–H and O–H groups in total. The van der Waals surface area contributed by atoms with Gasteiger partial charge in [-0.1, -0.05) is 110 Å². The fourth-order valence-electron chi connectivity index (χ4n) is 3.56. The fraction of sp³-hybridized carbons (Fsp3) is 0.909. The molecule has 0 fully saturated rings. The van der Waals surface area contributed by atoms with Crippen LogP contribution in [-0.4, -0.2) is 60.8 Å². The second-order valence-electron chi connectivity index (χ2n) is 7.75. The number of hydrogen-bond donors (Lipinski definition) is 0. The summed E-state index contributed by atoms with van der Waals surface area (Å²) in [4.78, 5) is 23.1. The van der Waals surface area contributed by atoms with E-state index in [4.69, 9.17) is 0 Å². The molecule has 0 heterocycles. The average molecular weight is 506 g/mol. The Hall–Kier alpha value is 0.511. The van der Waals surface area contributed by atoms with Crippen molar-refractivity contribution in [2.75, 3.05) is 0 Å². The number of aliphatic carboxylic acids is 2. The van der Waals surface area contributed by atoms with Crippen molar-refractivity contribution < 1.29 is 19.8 Å². The van der Waals surface area contributed by atoms with Crippen molar-refractivity contribution in [1.29, 1.82) is 0 Å². The number of carbonyl (C=O) groups is 2. The van der Waals surface area contributed by atoms with Crippen LogP contribution in [0.3, 0.4) is 0 Å². The summed E-state index contributed by atoms with van der Waals surface area (Å²) in [7, 11) is 0. The van der Waals surface area contributed by atoms with Gasteiger partial charge >= 0.3 is 48.9 Å². The molecule has 0 amide bonds. The molecule has 0 bridgehead atoms. The molecule has 0 aliphatic rings. The molecule has 0 aromatic carbocycles. The predicted molar refractivity (Wildman–Crippen MR) is 108 cm³/mol.